The van der Waals surface area contributed by atoms with Crippen LogP contribution in [0.2, 0.25) is 5.02 Å². The Labute approximate surface area is 152 Å². The van der Waals surface area contributed by atoms with E-state index in [0.717, 1.165) is 5.56 Å². The fraction of sp³-hybridized carbons (Fsp3) is 0.0667. The maximum Gasteiger partial charge on any atom is 0.242 e. The first-order valence-electron chi connectivity index (χ1n) is 6.85. The van der Waals surface area contributed by atoms with E-state index in [1.165, 1.54) is 12.1 Å². The molecule has 0 aliphatic carbocycles. The highest BCUT2D eigenvalue weighted by molar-refractivity contribution is 9.10. The van der Waals surface area contributed by atoms with Crippen molar-refractivity contribution in [3.8, 4) is 5.82 Å². The quantitative estimate of drug-likeness (QED) is 0.678. The van der Waals surface area contributed by atoms with Gasteiger partial charge in [0.1, 0.15) is 4.90 Å². The van der Waals surface area contributed by atoms with Crippen molar-refractivity contribution < 1.29 is 8.42 Å². The molecule has 0 amide bonds. The molecular weight excluding hydrogens is 416 g/mol. The average molecular weight is 428 g/mol. The Hall–Kier alpha value is -1.74. The third-order valence-electron chi connectivity index (χ3n) is 3.20. The summed E-state index contributed by atoms with van der Waals surface area (Å²) in [6.45, 7) is 0.112. The van der Waals surface area contributed by atoms with Gasteiger partial charge in [-0.15, -0.1) is 0 Å². The lowest BCUT2D eigenvalue weighted by molar-refractivity contribution is 0.581. The average Bonchev–Trinajstić information content (AvgIpc) is 3.07. The minimum absolute atomic E-state index is 0.0356. The topological polar surface area (TPSA) is 76.9 Å². The second-order valence-electron chi connectivity index (χ2n) is 4.87. The van der Waals surface area contributed by atoms with Crippen molar-refractivity contribution in [1.29, 1.82) is 0 Å². The van der Waals surface area contributed by atoms with Crippen LogP contribution in [0.5, 0.6) is 0 Å². The van der Waals surface area contributed by atoms with Gasteiger partial charge in [-0.1, -0.05) is 33.6 Å². The second kappa shape index (κ2) is 7.02. The summed E-state index contributed by atoms with van der Waals surface area (Å²) in [5.41, 5.74) is 0.725. The van der Waals surface area contributed by atoms with Crippen LogP contribution in [-0.2, 0) is 16.6 Å². The highest BCUT2D eigenvalue weighted by Crippen LogP contribution is 2.25. The molecule has 2 aromatic heterocycles. The lowest BCUT2D eigenvalue weighted by atomic mass is 10.3. The van der Waals surface area contributed by atoms with Gasteiger partial charge in [0.05, 0.1) is 5.02 Å². The summed E-state index contributed by atoms with van der Waals surface area (Å²) in [7, 11) is -3.71. The zero-order valence-corrected chi connectivity index (χ0v) is 15.4. The van der Waals surface area contributed by atoms with Crippen molar-refractivity contribution in [2.75, 3.05) is 0 Å². The first-order chi connectivity index (χ1) is 11.5. The van der Waals surface area contributed by atoms with Gasteiger partial charge >= 0.3 is 0 Å². The summed E-state index contributed by atoms with van der Waals surface area (Å²) in [5, 5.41) is 4.24. The number of nitrogens with zero attached hydrogens (tertiary/aromatic N) is 3. The van der Waals surface area contributed by atoms with Crippen LogP contribution >= 0.6 is 27.5 Å². The molecule has 0 saturated carbocycles. The fourth-order valence-electron chi connectivity index (χ4n) is 2.01. The molecule has 0 atom stereocenters. The Balaban J connectivity index is 1.73. The molecule has 0 bridgehead atoms. The normalized spacial score (nSPS) is 11.6. The molecule has 1 aromatic carbocycles. The number of pyridine rings is 1. The molecule has 0 spiro atoms. The van der Waals surface area contributed by atoms with Gasteiger partial charge < -0.3 is 0 Å². The van der Waals surface area contributed by atoms with Gasteiger partial charge in [0.2, 0.25) is 10.0 Å². The number of sulfonamides is 1. The molecule has 24 heavy (non-hydrogen) atoms. The van der Waals surface area contributed by atoms with Crippen molar-refractivity contribution in [3.63, 3.8) is 0 Å². The third kappa shape index (κ3) is 3.84. The number of hydrogen-bond acceptors (Lipinski definition) is 4. The SMILES string of the molecule is O=S(=O)(NCc1ccc(-n2cccn2)nc1)c1ccc(Br)cc1Cl. The second-order valence-corrected chi connectivity index (χ2v) is 7.93. The molecule has 0 aliphatic rings. The van der Waals surface area contributed by atoms with E-state index in [1.807, 2.05) is 0 Å². The summed E-state index contributed by atoms with van der Waals surface area (Å²) in [4.78, 5) is 4.29. The molecule has 0 fully saturated rings. The van der Waals surface area contributed by atoms with E-state index in [9.17, 15) is 8.42 Å². The Morgan fingerprint density at radius 3 is 2.71 bits per heavy atom. The number of benzene rings is 1. The van der Waals surface area contributed by atoms with E-state index in [4.69, 9.17) is 11.6 Å². The van der Waals surface area contributed by atoms with E-state index in [2.05, 4.69) is 30.7 Å². The number of aromatic nitrogens is 3. The molecule has 0 aliphatic heterocycles. The van der Waals surface area contributed by atoms with Crippen molar-refractivity contribution in [2.24, 2.45) is 0 Å². The van der Waals surface area contributed by atoms with Gasteiger partial charge in [-0.05, 0) is 35.9 Å². The van der Waals surface area contributed by atoms with E-state index in [1.54, 1.807) is 47.5 Å². The van der Waals surface area contributed by atoms with Gasteiger partial charge in [-0.2, -0.15) is 5.10 Å². The third-order valence-corrected chi connectivity index (χ3v) is 5.58. The van der Waals surface area contributed by atoms with Gasteiger partial charge in [0, 0.05) is 29.6 Å². The van der Waals surface area contributed by atoms with Crippen LogP contribution in [0.25, 0.3) is 5.82 Å². The maximum atomic E-state index is 12.3. The standard InChI is InChI=1S/C15H12BrClN4O2S/c16-12-3-4-14(13(17)8-12)24(22,23)20-10-11-2-5-15(18-9-11)21-7-1-6-19-21/h1-9,20H,10H2. The van der Waals surface area contributed by atoms with Crippen LogP contribution in [0, 0.1) is 0 Å². The minimum Gasteiger partial charge on any atom is -0.237 e. The van der Waals surface area contributed by atoms with E-state index < -0.39 is 10.0 Å². The highest BCUT2D eigenvalue weighted by atomic mass is 79.9. The Morgan fingerprint density at radius 2 is 2.08 bits per heavy atom. The lowest BCUT2D eigenvalue weighted by Gasteiger charge is -2.09. The molecule has 0 radical (unpaired) electrons. The molecule has 3 aromatic rings. The van der Waals surface area contributed by atoms with Gasteiger partial charge in [-0.25, -0.2) is 22.8 Å². The molecule has 1 N–H and O–H groups in total. The molecule has 2 heterocycles. The number of halogens is 2. The van der Waals surface area contributed by atoms with Crippen molar-refractivity contribution >= 4 is 37.6 Å². The fourth-order valence-corrected chi connectivity index (χ4v) is 4.06. The summed E-state index contributed by atoms with van der Waals surface area (Å²) in [6, 6.07) is 9.97. The highest BCUT2D eigenvalue weighted by Gasteiger charge is 2.17. The molecule has 9 heteroatoms. The van der Waals surface area contributed by atoms with E-state index in [0.29, 0.717) is 10.3 Å². The number of nitrogens with one attached hydrogen (secondary N) is 1. The van der Waals surface area contributed by atoms with Crippen LogP contribution in [0.15, 0.2) is 64.4 Å². The molecule has 6 nitrogen and oxygen atoms in total. The summed E-state index contributed by atoms with van der Waals surface area (Å²) in [5.74, 6) is 0.655. The zero-order valence-electron chi connectivity index (χ0n) is 12.2. The first kappa shape index (κ1) is 17.1. The van der Waals surface area contributed by atoms with Gasteiger partial charge in [-0.3, -0.25) is 0 Å². The molecule has 0 unspecified atom stereocenters. The molecular formula is C15H12BrClN4O2S. The smallest absolute Gasteiger partial charge is 0.237 e. The maximum absolute atomic E-state index is 12.3. The van der Waals surface area contributed by atoms with Crippen LogP contribution in [0.4, 0.5) is 0 Å². The predicted octanol–water partition coefficient (Wildman–Crippen LogP) is 3.16. The Bertz CT molecular complexity index is 944. The van der Waals surface area contributed by atoms with Crippen molar-refractivity contribution in [2.45, 2.75) is 11.4 Å². The number of rotatable bonds is 5. The summed E-state index contributed by atoms with van der Waals surface area (Å²) >= 11 is 9.25. The first-order valence-corrected chi connectivity index (χ1v) is 9.51. The Kier molecular flexibility index (Phi) is 5.00. The minimum atomic E-state index is -3.71. The zero-order chi connectivity index (χ0) is 17.2. The molecule has 124 valence electrons. The summed E-state index contributed by atoms with van der Waals surface area (Å²) < 4.78 is 29.5. The van der Waals surface area contributed by atoms with Crippen LogP contribution < -0.4 is 4.72 Å². The van der Waals surface area contributed by atoms with Crippen molar-refractivity contribution in [1.82, 2.24) is 19.5 Å². The van der Waals surface area contributed by atoms with Crippen LogP contribution in [0.3, 0.4) is 0 Å². The Morgan fingerprint density at radius 1 is 1.25 bits per heavy atom. The molecule has 0 saturated heterocycles. The van der Waals surface area contributed by atoms with Gasteiger partial charge in [0.25, 0.3) is 0 Å². The van der Waals surface area contributed by atoms with Crippen LogP contribution in [0.1, 0.15) is 5.56 Å². The van der Waals surface area contributed by atoms with Crippen molar-refractivity contribution in [3.05, 3.63) is 70.0 Å². The van der Waals surface area contributed by atoms with E-state index >= 15 is 0 Å². The molecule has 3 rings (SSSR count). The lowest BCUT2D eigenvalue weighted by Crippen LogP contribution is -2.23. The van der Waals surface area contributed by atoms with Gasteiger partial charge in [0.15, 0.2) is 5.82 Å². The van der Waals surface area contributed by atoms with Crippen LogP contribution in [-0.4, -0.2) is 23.2 Å². The predicted molar refractivity (Wildman–Crippen MR) is 94.5 cm³/mol. The number of hydrogen-bond donors (Lipinski definition) is 1. The largest absolute Gasteiger partial charge is 0.242 e. The summed E-state index contributed by atoms with van der Waals surface area (Å²) in [6.07, 6.45) is 5.04. The van der Waals surface area contributed by atoms with E-state index in [-0.39, 0.29) is 16.5 Å². The monoisotopic (exact) mass is 426 g/mol.